The second kappa shape index (κ2) is 4.95. The molecule has 4 rings (SSSR count). The molecule has 1 aliphatic heterocycles. The Kier molecular flexibility index (Phi) is 3.04. The molecule has 0 radical (unpaired) electrons. The van der Waals surface area contributed by atoms with Crippen LogP contribution in [0.5, 0.6) is 0 Å². The number of H-pyrrole nitrogens is 1. The normalized spacial score (nSPS) is 23.4. The Morgan fingerprint density at radius 2 is 2.18 bits per heavy atom. The van der Waals surface area contributed by atoms with E-state index in [1.54, 1.807) is 12.3 Å². The quantitative estimate of drug-likeness (QED) is 0.750. The molecule has 114 valence electrons. The summed E-state index contributed by atoms with van der Waals surface area (Å²) < 4.78 is 2.29. The first-order valence-corrected chi connectivity index (χ1v) is 7.80. The summed E-state index contributed by atoms with van der Waals surface area (Å²) in [6.45, 7) is 4.45. The number of likely N-dealkylation sites (N-methyl/N-ethyl adjacent to an activating group) is 1. The average Bonchev–Trinajstić information content (AvgIpc) is 2.99. The summed E-state index contributed by atoms with van der Waals surface area (Å²) >= 11 is 0. The van der Waals surface area contributed by atoms with E-state index in [-0.39, 0.29) is 5.43 Å². The number of fused-ring (bicyclic) bond motifs is 3. The van der Waals surface area contributed by atoms with Crippen molar-refractivity contribution < 1.29 is 0 Å². The Morgan fingerprint density at radius 1 is 1.32 bits per heavy atom. The van der Waals surface area contributed by atoms with Crippen molar-refractivity contribution >= 4 is 21.9 Å². The molecule has 4 heterocycles. The lowest BCUT2D eigenvalue weighted by molar-refractivity contribution is 0.161. The molecule has 0 spiro atoms. The second-order valence-electron chi connectivity index (χ2n) is 6.44. The summed E-state index contributed by atoms with van der Waals surface area (Å²) in [6, 6.07) is 4.06. The van der Waals surface area contributed by atoms with E-state index >= 15 is 0 Å². The predicted octanol–water partition coefficient (Wildman–Crippen LogP) is 2.39. The molecule has 0 bridgehead atoms. The third-order valence-corrected chi connectivity index (χ3v) is 4.95. The van der Waals surface area contributed by atoms with Gasteiger partial charge in [0.15, 0.2) is 5.43 Å². The van der Waals surface area contributed by atoms with Crippen molar-refractivity contribution in [3.63, 3.8) is 0 Å². The van der Waals surface area contributed by atoms with Gasteiger partial charge in [0, 0.05) is 42.6 Å². The van der Waals surface area contributed by atoms with E-state index in [1.165, 1.54) is 6.42 Å². The Bertz CT molecular complexity index is 894. The Balaban J connectivity index is 2.03. The minimum Gasteiger partial charge on any atom is -0.346 e. The van der Waals surface area contributed by atoms with Gasteiger partial charge in [0.05, 0.1) is 10.9 Å². The maximum Gasteiger partial charge on any atom is 0.190 e. The molecule has 1 fully saturated rings. The monoisotopic (exact) mass is 296 g/mol. The van der Waals surface area contributed by atoms with Crippen LogP contribution in [-0.2, 0) is 0 Å². The van der Waals surface area contributed by atoms with Crippen molar-refractivity contribution in [3.05, 3.63) is 40.9 Å². The van der Waals surface area contributed by atoms with Crippen LogP contribution in [0.25, 0.3) is 21.9 Å². The molecule has 0 aromatic carbocycles. The highest BCUT2D eigenvalue weighted by atomic mass is 16.1. The van der Waals surface area contributed by atoms with Crippen LogP contribution in [-0.4, -0.2) is 39.6 Å². The van der Waals surface area contributed by atoms with Gasteiger partial charge >= 0.3 is 0 Å². The zero-order valence-electron chi connectivity index (χ0n) is 12.9. The molecule has 1 N–H and O–H groups in total. The first-order valence-electron chi connectivity index (χ1n) is 7.80. The van der Waals surface area contributed by atoms with Gasteiger partial charge in [-0.2, -0.15) is 0 Å². The van der Waals surface area contributed by atoms with E-state index in [0.29, 0.717) is 17.3 Å². The fourth-order valence-corrected chi connectivity index (χ4v) is 3.61. The van der Waals surface area contributed by atoms with Gasteiger partial charge in [0.2, 0.25) is 0 Å². The van der Waals surface area contributed by atoms with Gasteiger partial charge in [-0.3, -0.25) is 4.79 Å². The van der Waals surface area contributed by atoms with Crippen molar-refractivity contribution in [1.82, 2.24) is 19.4 Å². The van der Waals surface area contributed by atoms with Gasteiger partial charge in [-0.1, -0.05) is 6.92 Å². The molecular formula is C17H20N4O. The van der Waals surface area contributed by atoms with Gasteiger partial charge in [-0.15, -0.1) is 0 Å². The third kappa shape index (κ3) is 1.96. The predicted molar refractivity (Wildman–Crippen MR) is 88.2 cm³/mol. The molecule has 3 aromatic rings. The van der Waals surface area contributed by atoms with Crippen LogP contribution in [0, 0.1) is 5.92 Å². The molecule has 0 aliphatic carbocycles. The summed E-state index contributed by atoms with van der Waals surface area (Å²) in [4.78, 5) is 22.1. The number of rotatable bonds is 1. The molecule has 22 heavy (non-hydrogen) atoms. The molecule has 2 unspecified atom stereocenters. The number of hydrogen-bond donors (Lipinski definition) is 1. The number of likely N-dealkylation sites (tertiary alicyclic amines) is 1. The van der Waals surface area contributed by atoms with Gasteiger partial charge < -0.3 is 14.5 Å². The summed E-state index contributed by atoms with van der Waals surface area (Å²) in [6.07, 6.45) is 6.72. The highest BCUT2D eigenvalue weighted by Crippen LogP contribution is 2.31. The average molecular weight is 296 g/mol. The molecule has 3 aromatic heterocycles. The molecular weight excluding hydrogens is 276 g/mol. The lowest BCUT2D eigenvalue weighted by atomic mass is 9.93. The largest absolute Gasteiger partial charge is 0.346 e. The number of pyridine rings is 2. The van der Waals surface area contributed by atoms with E-state index in [9.17, 15) is 4.79 Å². The Hall–Kier alpha value is -2.14. The van der Waals surface area contributed by atoms with Crippen LogP contribution in [0.1, 0.15) is 19.4 Å². The van der Waals surface area contributed by atoms with Crippen LogP contribution in [0.2, 0.25) is 0 Å². The van der Waals surface area contributed by atoms with E-state index < -0.39 is 0 Å². The second-order valence-corrected chi connectivity index (χ2v) is 6.44. The van der Waals surface area contributed by atoms with Gasteiger partial charge in [-0.05, 0) is 32.0 Å². The number of nitrogens with one attached hydrogen (secondary N) is 1. The van der Waals surface area contributed by atoms with Crippen LogP contribution in [0.15, 0.2) is 35.5 Å². The Morgan fingerprint density at radius 3 is 3.05 bits per heavy atom. The highest BCUT2D eigenvalue weighted by molar-refractivity contribution is 6.02. The maximum absolute atomic E-state index is 12.3. The van der Waals surface area contributed by atoms with E-state index in [1.807, 2.05) is 18.5 Å². The number of piperidine rings is 1. The molecule has 0 amide bonds. The highest BCUT2D eigenvalue weighted by Gasteiger charge is 2.27. The third-order valence-electron chi connectivity index (χ3n) is 4.95. The lowest BCUT2D eigenvalue weighted by Gasteiger charge is -2.37. The van der Waals surface area contributed by atoms with Crippen LogP contribution < -0.4 is 5.43 Å². The summed E-state index contributed by atoms with van der Waals surface area (Å²) in [5.74, 6) is 0.587. The number of aromatic amines is 1. The number of hydrogen-bond acceptors (Lipinski definition) is 3. The van der Waals surface area contributed by atoms with Gasteiger partial charge in [-0.25, -0.2) is 4.98 Å². The van der Waals surface area contributed by atoms with Crippen molar-refractivity contribution in [1.29, 1.82) is 0 Å². The fraction of sp³-hybridized carbons (Fsp3) is 0.412. The van der Waals surface area contributed by atoms with Crippen LogP contribution in [0.3, 0.4) is 0 Å². The first kappa shape index (κ1) is 13.5. The first-order chi connectivity index (χ1) is 10.6. The molecule has 1 saturated heterocycles. The SMILES string of the molecule is CC1CCN(C)CC1n1ccc(=O)c2cnc3[nH]ccc3c21. The molecule has 0 saturated carbocycles. The summed E-state index contributed by atoms with van der Waals surface area (Å²) in [5, 5.41) is 1.73. The summed E-state index contributed by atoms with van der Waals surface area (Å²) in [7, 11) is 2.16. The maximum atomic E-state index is 12.3. The minimum atomic E-state index is 0.0404. The van der Waals surface area contributed by atoms with E-state index in [0.717, 1.165) is 29.6 Å². The molecule has 5 nitrogen and oxygen atoms in total. The van der Waals surface area contributed by atoms with Gasteiger partial charge in [0.25, 0.3) is 0 Å². The number of nitrogens with zero attached hydrogens (tertiary/aromatic N) is 3. The molecule has 2 atom stereocenters. The Labute approximate surface area is 128 Å². The standard InChI is InChI=1S/C17H20N4O/c1-11-4-7-20(2)10-14(11)21-8-5-15(22)13-9-19-17-12(16(13)21)3-6-18-17/h3,5-6,8-9,11,14H,4,7,10H2,1-2H3,(H,18,19). The summed E-state index contributed by atoms with van der Waals surface area (Å²) in [5.41, 5.74) is 1.88. The van der Waals surface area contributed by atoms with E-state index in [4.69, 9.17) is 0 Å². The van der Waals surface area contributed by atoms with Crippen molar-refractivity contribution in [2.45, 2.75) is 19.4 Å². The zero-order valence-corrected chi connectivity index (χ0v) is 12.9. The fourth-order valence-electron chi connectivity index (χ4n) is 3.61. The molecule has 1 aliphatic rings. The lowest BCUT2D eigenvalue weighted by Crippen LogP contribution is -2.38. The number of aromatic nitrogens is 3. The van der Waals surface area contributed by atoms with Crippen LogP contribution in [0.4, 0.5) is 0 Å². The molecule has 5 heteroatoms. The smallest absolute Gasteiger partial charge is 0.190 e. The van der Waals surface area contributed by atoms with E-state index in [2.05, 4.69) is 33.4 Å². The zero-order chi connectivity index (χ0) is 15.3. The van der Waals surface area contributed by atoms with Crippen LogP contribution >= 0.6 is 0 Å². The van der Waals surface area contributed by atoms with Gasteiger partial charge in [0.1, 0.15) is 5.65 Å². The van der Waals surface area contributed by atoms with Crippen molar-refractivity contribution in [2.24, 2.45) is 5.92 Å². The minimum absolute atomic E-state index is 0.0404. The topological polar surface area (TPSA) is 53.9 Å². The van der Waals surface area contributed by atoms with Crippen molar-refractivity contribution in [3.8, 4) is 0 Å². The van der Waals surface area contributed by atoms with Crippen molar-refractivity contribution in [2.75, 3.05) is 20.1 Å².